The molecule has 1 aromatic carbocycles. The van der Waals surface area contributed by atoms with Gasteiger partial charge in [0.05, 0.1) is 10.4 Å². The van der Waals surface area contributed by atoms with Gasteiger partial charge in [-0.15, -0.1) is 0 Å². The molecule has 0 spiro atoms. The van der Waals surface area contributed by atoms with Crippen molar-refractivity contribution >= 4 is 16.6 Å². The lowest BCUT2D eigenvalue weighted by Gasteiger charge is -2.17. The molecule has 1 aromatic heterocycles. The van der Waals surface area contributed by atoms with Gasteiger partial charge in [0.1, 0.15) is 0 Å². The van der Waals surface area contributed by atoms with Crippen LogP contribution in [0.5, 0.6) is 0 Å². The molecule has 2 heterocycles. The Morgan fingerprint density at radius 1 is 1.44 bits per heavy atom. The fourth-order valence-electron chi connectivity index (χ4n) is 2.73. The van der Waals surface area contributed by atoms with Gasteiger partial charge in [-0.05, 0) is 38.6 Å². The molecule has 5 nitrogen and oxygen atoms in total. The third-order valence-corrected chi connectivity index (χ3v) is 3.72. The molecule has 5 heteroatoms. The number of rotatable bonds is 2. The molecule has 1 unspecified atom stereocenters. The zero-order valence-electron chi connectivity index (χ0n) is 10.2. The van der Waals surface area contributed by atoms with E-state index in [-0.39, 0.29) is 10.6 Å². The number of nitro groups is 1. The Labute approximate surface area is 105 Å². The minimum absolute atomic E-state index is 0.135. The van der Waals surface area contributed by atoms with E-state index >= 15 is 0 Å². The standard InChI is InChI=1S/C13H15N3O2/c1-15-6-2-3-13(15)12-7-9-4-5-10(16(17)18)8-11(9)14-12/h4-5,7-8,13-14H,2-3,6H2,1H3. The van der Waals surface area contributed by atoms with Crippen molar-refractivity contribution in [3.05, 3.63) is 40.1 Å². The van der Waals surface area contributed by atoms with Gasteiger partial charge < -0.3 is 4.98 Å². The predicted molar refractivity (Wildman–Crippen MR) is 69.6 cm³/mol. The van der Waals surface area contributed by atoms with E-state index in [0.29, 0.717) is 6.04 Å². The van der Waals surface area contributed by atoms with E-state index in [1.807, 2.05) is 6.07 Å². The highest BCUT2D eigenvalue weighted by Gasteiger charge is 2.24. The quantitative estimate of drug-likeness (QED) is 0.653. The minimum Gasteiger partial charge on any atom is -0.357 e. The van der Waals surface area contributed by atoms with Crippen LogP contribution in [0.15, 0.2) is 24.3 Å². The van der Waals surface area contributed by atoms with Crippen LogP contribution in [-0.2, 0) is 0 Å². The maximum Gasteiger partial charge on any atom is 0.271 e. The molecule has 0 radical (unpaired) electrons. The zero-order valence-corrected chi connectivity index (χ0v) is 10.2. The number of nitrogens with zero attached hydrogens (tertiary/aromatic N) is 2. The van der Waals surface area contributed by atoms with Crippen molar-refractivity contribution in [2.75, 3.05) is 13.6 Å². The molecule has 1 atom stereocenters. The highest BCUT2D eigenvalue weighted by molar-refractivity contribution is 5.82. The summed E-state index contributed by atoms with van der Waals surface area (Å²) in [7, 11) is 2.12. The van der Waals surface area contributed by atoms with Gasteiger partial charge in [0.25, 0.3) is 5.69 Å². The van der Waals surface area contributed by atoms with Gasteiger partial charge in [-0.3, -0.25) is 15.0 Å². The van der Waals surface area contributed by atoms with Crippen LogP contribution >= 0.6 is 0 Å². The maximum absolute atomic E-state index is 10.7. The first-order valence-electron chi connectivity index (χ1n) is 6.12. The van der Waals surface area contributed by atoms with Gasteiger partial charge in [0.2, 0.25) is 0 Å². The number of nitrogens with one attached hydrogen (secondary N) is 1. The molecule has 2 aromatic rings. The van der Waals surface area contributed by atoms with Gasteiger partial charge in [0, 0.05) is 29.3 Å². The maximum atomic E-state index is 10.7. The molecule has 1 aliphatic rings. The molecule has 1 aliphatic heterocycles. The smallest absolute Gasteiger partial charge is 0.271 e. The van der Waals surface area contributed by atoms with Crippen LogP contribution < -0.4 is 0 Å². The third kappa shape index (κ3) is 1.76. The van der Waals surface area contributed by atoms with E-state index in [2.05, 4.69) is 23.0 Å². The molecule has 0 aliphatic carbocycles. The number of nitro benzene ring substituents is 1. The van der Waals surface area contributed by atoms with Crippen LogP contribution in [0.2, 0.25) is 0 Å². The SMILES string of the molecule is CN1CCCC1c1cc2ccc([N+](=O)[O-])cc2[nH]1. The molecule has 94 valence electrons. The van der Waals surface area contributed by atoms with Crippen LogP contribution in [0.1, 0.15) is 24.6 Å². The normalized spacial score (nSPS) is 20.6. The fraction of sp³-hybridized carbons (Fsp3) is 0.385. The number of hydrogen-bond donors (Lipinski definition) is 1. The van der Waals surface area contributed by atoms with Crippen molar-refractivity contribution in [3.8, 4) is 0 Å². The number of benzene rings is 1. The zero-order chi connectivity index (χ0) is 12.7. The second-order valence-corrected chi connectivity index (χ2v) is 4.89. The molecule has 1 N–H and O–H groups in total. The molecule has 0 saturated carbocycles. The molecular weight excluding hydrogens is 230 g/mol. The summed E-state index contributed by atoms with van der Waals surface area (Å²) in [5, 5.41) is 11.8. The lowest BCUT2D eigenvalue weighted by Crippen LogP contribution is -2.17. The summed E-state index contributed by atoms with van der Waals surface area (Å²) >= 11 is 0. The summed E-state index contributed by atoms with van der Waals surface area (Å²) in [4.78, 5) is 16.0. The lowest BCUT2D eigenvalue weighted by atomic mass is 10.1. The Kier molecular flexibility index (Phi) is 2.56. The Balaban J connectivity index is 2.02. The molecule has 0 bridgehead atoms. The number of non-ortho nitro benzene ring substituents is 1. The summed E-state index contributed by atoms with van der Waals surface area (Å²) in [6.07, 6.45) is 2.35. The van der Waals surface area contributed by atoms with E-state index < -0.39 is 0 Å². The Hall–Kier alpha value is -1.88. The van der Waals surface area contributed by atoms with Crippen LogP contribution in [0, 0.1) is 10.1 Å². The van der Waals surface area contributed by atoms with E-state index in [4.69, 9.17) is 0 Å². The Bertz CT molecular complexity index is 605. The lowest BCUT2D eigenvalue weighted by molar-refractivity contribution is -0.384. The van der Waals surface area contributed by atoms with E-state index in [0.717, 1.165) is 29.6 Å². The van der Waals surface area contributed by atoms with Gasteiger partial charge in [-0.1, -0.05) is 0 Å². The van der Waals surface area contributed by atoms with Crippen molar-refractivity contribution in [1.82, 2.24) is 9.88 Å². The Morgan fingerprint density at radius 2 is 2.28 bits per heavy atom. The highest BCUT2D eigenvalue weighted by atomic mass is 16.6. The van der Waals surface area contributed by atoms with E-state index in [1.165, 1.54) is 6.42 Å². The molecule has 1 fully saturated rings. The van der Waals surface area contributed by atoms with Crippen molar-refractivity contribution in [2.45, 2.75) is 18.9 Å². The first-order valence-corrected chi connectivity index (χ1v) is 6.12. The predicted octanol–water partition coefficient (Wildman–Crippen LogP) is 2.84. The molecule has 0 amide bonds. The molecule has 3 rings (SSSR count). The van der Waals surface area contributed by atoms with Gasteiger partial charge >= 0.3 is 0 Å². The average Bonchev–Trinajstić information content (AvgIpc) is 2.92. The summed E-state index contributed by atoms with van der Waals surface area (Å²) in [5.74, 6) is 0. The monoisotopic (exact) mass is 245 g/mol. The summed E-state index contributed by atoms with van der Waals surface area (Å²) in [5.41, 5.74) is 2.14. The van der Waals surface area contributed by atoms with Crippen molar-refractivity contribution < 1.29 is 4.92 Å². The largest absolute Gasteiger partial charge is 0.357 e. The minimum atomic E-state index is -0.359. The summed E-state index contributed by atoms with van der Waals surface area (Å²) in [6.45, 7) is 1.11. The summed E-state index contributed by atoms with van der Waals surface area (Å²) < 4.78 is 0. The summed E-state index contributed by atoms with van der Waals surface area (Å²) in [6, 6.07) is 7.48. The van der Waals surface area contributed by atoms with Crippen molar-refractivity contribution in [2.24, 2.45) is 0 Å². The second kappa shape index (κ2) is 4.10. The van der Waals surface area contributed by atoms with Crippen molar-refractivity contribution in [1.29, 1.82) is 0 Å². The number of likely N-dealkylation sites (tertiary alicyclic amines) is 1. The second-order valence-electron chi connectivity index (χ2n) is 4.89. The third-order valence-electron chi connectivity index (χ3n) is 3.72. The number of aromatic amines is 1. The van der Waals surface area contributed by atoms with Gasteiger partial charge in [0.15, 0.2) is 0 Å². The first-order chi connectivity index (χ1) is 8.65. The number of aromatic nitrogens is 1. The highest BCUT2D eigenvalue weighted by Crippen LogP contribution is 2.32. The molecule has 18 heavy (non-hydrogen) atoms. The Morgan fingerprint density at radius 3 is 2.94 bits per heavy atom. The molecule has 1 saturated heterocycles. The van der Waals surface area contributed by atoms with E-state index in [9.17, 15) is 10.1 Å². The number of fused-ring (bicyclic) bond motifs is 1. The van der Waals surface area contributed by atoms with Crippen LogP contribution in [0.25, 0.3) is 10.9 Å². The van der Waals surface area contributed by atoms with E-state index in [1.54, 1.807) is 12.1 Å². The number of H-pyrrole nitrogens is 1. The van der Waals surface area contributed by atoms with Crippen LogP contribution in [-0.4, -0.2) is 28.4 Å². The van der Waals surface area contributed by atoms with Crippen molar-refractivity contribution in [3.63, 3.8) is 0 Å². The first kappa shape index (κ1) is 11.2. The molecular formula is C13H15N3O2. The van der Waals surface area contributed by atoms with Crippen LogP contribution in [0.3, 0.4) is 0 Å². The topological polar surface area (TPSA) is 62.2 Å². The average molecular weight is 245 g/mol. The van der Waals surface area contributed by atoms with Gasteiger partial charge in [-0.2, -0.15) is 0 Å². The fourth-order valence-corrected chi connectivity index (χ4v) is 2.73. The number of hydrogen-bond acceptors (Lipinski definition) is 3. The van der Waals surface area contributed by atoms with Crippen LogP contribution in [0.4, 0.5) is 5.69 Å². The van der Waals surface area contributed by atoms with Gasteiger partial charge in [-0.25, -0.2) is 0 Å².